The molecule has 32 heavy (non-hydrogen) atoms. The molecule has 2 bridgehead atoms. The van der Waals surface area contributed by atoms with Gasteiger partial charge < -0.3 is 4.74 Å². The number of rotatable bonds is 5. The number of fused-ring (bicyclic) bond motifs is 1. The molecule has 3 heterocycles. The Kier molecular flexibility index (Phi) is 4.87. The van der Waals surface area contributed by atoms with Gasteiger partial charge in [-0.05, 0) is 97.4 Å². The van der Waals surface area contributed by atoms with Crippen LogP contribution < -0.4 is 0 Å². The molecule has 2 aliphatic carbocycles. The fourth-order valence-electron chi connectivity index (χ4n) is 7.10. The van der Waals surface area contributed by atoms with Gasteiger partial charge in [-0.3, -0.25) is 9.78 Å². The Labute approximate surface area is 191 Å². The maximum Gasteiger partial charge on any atom is 0.136 e. The van der Waals surface area contributed by atoms with Gasteiger partial charge in [0.2, 0.25) is 0 Å². The molecule has 1 aromatic carbocycles. The van der Waals surface area contributed by atoms with Crippen LogP contribution >= 0.6 is 0 Å². The van der Waals surface area contributed by atoms with Gasteiger partial charge in [0, 0.05) is 30.6 Å². The highest BCUT2D eigenvalue weighted by molar-refractivity contribution is 5.83. The topological polar surface area (TPSA) is 39.2 Å². The summed E-state index contributed by atoms with van der Waals surface area (Å²) in [7, 11) is 0. The van der Waals surface area contributed by atoms with Crippen molar-refractivity contribution in [1.82, 2.24) is 4.98 Å². The van der Waals surface area contributed by atoms with E-state index in [4.69, 9.17) is 4.74 Å². The predicted molar refractivity (Wildman–Crippen MR) is 128 cm³/mol. The van der Waals surface area contributed by atoms with Crippen molar-refractivity contribution < 1.29 is 9.53 Å². The first-order valence-corrected chi connectivity index (χ1v) is 12.6. The second-order valence-corrected chi connectivity index (χ2v) is 10.5. The van der Waals surface area contributed by atoms with E-state index in [0.29, 0.717) is 30.5 Å². The highest BCUT2D eigenvalue weighted by atomic mass is 16.5. The molecule has 1 unspecified atom stereocenters. The van der Waals surface area contributed by atoms with Crippen molar-refractivity contribution in [3.8, 4) is 0 Å². The van der Waals surface area contributed by atoms with E-state index in [1.165, 1.54) is 46.7 Å². The lowest BCUT2D eigenvalue weighted by molar-refractivity contribution is -0.139. The maximum atomic E-state index is 12.3. The van der Waals surface area contributed by atoms with E-state index in [1.54, 1.807) is 0 Å². The summed E-state index contributed by atoms with van der Waals surface area (Å²) in [6.07, 6.45) is 18.9. The van der Waals surface area contributed by atoms with Gasteiger partial charge >= 0.3 is 0 Å². The van der Waals surface area contributed by atoms with Gasteiger partial charge in [-0.1, -0.05) is 31.2 Å². The Hall–Kier alpha value is -2.26. The monoisotopic (exact) mass is 427 g/mol. The van der Waals surface area contributed by atoms with E-state index in [9.17, 15) is 4.79 Å². The Morgan fingerprint density at radius 1 is 1.19 bits per heavy atom. The molecule has 4 aliphatic rings. The molecule has 6 rings (SSSR count). The summed E-state index contributed by atoms with van der Waals surface area (Å²) < 4.78 is 7.03. The largest absolute Gasteiger partial charge is 0.359 e. The number of ether oxygens (including phenoxy) is 1. The summed E-state index contributed by atoms with van der Waals surface area (Å²) in [6, 6.07) is 8.98. The molecular formula is C29H33NO2. The third-order valence-corrected chi connectivity index (χ3v) is 8.87. The van der Waals surface area contributed by atoms with E-state index in [2.05, 4.69) is 48.3 Å². The summed E-state index contributed by atoms with van der Waals surface area (Å²) in [5.74, 6) is 1.50. The van der Waals surface area contributed by atoms with Crippen molar-refractivity contribution in [3.05, 3.63) is 65.5 Å². The highest BCUT2D eigenvalue weighted by Crippen LogP contribution is 2.60. The van der Waals surface area contributed by atoms with E-state index < -0.39 is 0 Å². The third kappa shape index (κ3) is 3.12. The normalized spacial score (nSPS) is 32.2. The molecule has 1 saturated carbocycles. The molecule has 1 saturated heterocycles. The summed E-state index contributed by atoms with van der Waals surface area (Å²) in [4.78, 5) is 16.6. The van der Waals surface area contributed by atoms with E-state index in [0.717, 1.165) is 32.1 Å². The van der Waals surface area contributed by atoms with Crippen molar-refractivity contribution in [2.75, 3.05) is 0 Å². The standard InChI is InChI=1S/C29H33NO2/c1-2-20(22-7-6-21-12-15-30-19-23(21)16-22)8-9-24-4-3-5-26-17-25-10-11-27(31)18-28(25)13-14-29(24,26)32-28/h5-7,12,15-17,19-20,24H,2-4,8-11,13-14,18H2,1H3/t20?,24-,28+,29-/m0/s1. The SMILES string of the molecule is CCC(CC[C@@H]1CCC=C2C=C3CCC(=O)C[C@]34CC[C@@]21O4)c1ccc2ccncc2c1. The molecule has 2 aromatic rings. The first-order valence-electron chi connectivity index (χ1n) is 12.6. The average Bonchev–Trinajstić information content (AvgIpc) is 3.12. The number of aromatic nitrogens is 1. The quantitative estimate of drug-likeness (QED) is 0.525. The Morgan fingerprint density at radius 3 is 3.03 bits per heavy atom. The molecule has 4 atom stereocenters. The van der Waals surface area contributed by atoms with Crippen molar-refractivity contribution in [1.29, 1.82) is 0 Å². The van der Waals surface area contributed by atoms with Crippen LogP contribution in [0.1, 0.15) is 82.6 Å². The van der Waals surface area contributed by atoms with Gasteiger partial charge in [-0.25, -0.2) is 0 Å². The number of ketones is 1. The van der Waals surface area contributed by atoms with Gasteiger partial charge in [-0.2, -0.15) is 0 Å². The zero-order chi connectivity index (χ0) is 21.8. The predicted octanol–water partition coefficient (Wildman–Crippen LogP) is 6.83. The first-order chi connectivity index (χ1) is 15.6. The van der Waals surface area contributed by atoms with Crippen LogP contribution in [0.3, 0.4) is 0 Å². The molecule has 3 heteroatoms. The van der Waals surface area contributed by atoms with Gasteiger partial charge in [0.15, 0.2) is 0 Å². The minimum Gasteiger partial charge on any atom is -0.359 e. The number of nitrogens with zero attached hydrogens (tertiary/aromatic N) is 1. The van der Waals surface area contributed by atoms with Crippen LogP contribution in [-0.2, 0) is 9.53 Å². The number of carbonyl (C=O) groups is 1. The van der Waals surface area contributed by atoms with Gasteiger partial charge in [0.05, 0.1) is 11.2 Å². The van der Waals surface area contributed by atoms with Crippen molar-refractivity contribution in [2.24, 2.45) is 5.92 Å². The fraction of sp³-hybridized carbons (Fsp3) is 0.517. The molecule has 2 fully saturated rings. The Balaban J connectivity index is 1.24. The van der Waals surface area contributed by atoms with Crippen LogP contribution in [0.25, 0.3) is 10.8 Å². The maximum absolute atomic E-state index is 12.3. The Bertz CT molecular complexity index is 1130. The molecule has 166 valence electrons. The number of hydrogen-bond acceptors (Lipinski definition) is 3. The molecule has 0 amide bonds. The summed E-state index contributed by atoms with van der Waals surface area (Å²) in [6.45, 7) is 2.31. The zero-order valence-electron chi connectivity index (χ0n) is 19.1. The van der Waals surface area contributed by atoms with E-state index in [1.807, 2.05) is 12.4 Å². The number of carbonyl (C=O) groups excluding carboxylic acids is 1. The third-order valence-electron chi connectivity index (χ3n) is 8.87. The minimum absolute atomic E-state index is 0.148. The highest BCUT2D eigenvalue weighted by Gasteiger charge is 2.60. The van der Waals surface area contributed by atoms with Crippen LogP contribution in [0, 0.1) is 5.92 Å². The number of hydrogen-bond donors (Lipinski definition) is 0. The first kappa shape index (κ1) is 20.4. The summed E-state index contributed by atoms with van der Waals surface area (Å²) in [5, 5.41) is 2.49. The molecule has 3 nitrogen and oxygen atoms in total. The van der Waals surface area contributed by atoms with Gasteiger partial charge in [-0.15, -0.1) is 0 Å². The molecule has 2 spiro atoms. The molecule has 1 aromatic heterocycles. The smallest absolute Gasteiger partial charge is 0.136 e. The lowest BCUT2D eigenvalue weighted by Crippen LogP contribution is -2.49. The van der Waals surface area contributed by atoms with Gasteiger partial charge in [0.25, 0.3) is 0 Å². The molecule has 2 aliphatic heterocycles. The molecule has 0 radical (unpaired) electrons. The second-order valence-electron chi connectivity index (χ2n) is 10.5. The van der Waals surface area contributed by atoms with Crippen LogP contribution in [0.4, 0.5) is 0 Å². The van der Waals surface area contributed by atoms with Crippen LogP contribution in [0.15, 0.2) is 60.0 Å². The van der Waals surface area contributed by atoms with Crippen LogP contribution in [-0.4, -0.2) is 22.0 Å². The molecule has 0 N–H and O–H groups in total. The number of allylic oxidation sites excluding steroid dienone is 1. The number of benzene rings is 1. The second kappa shape index (κ2) is 7.66. The number of Topliss-reactive ketones (excluding diaryl/α,β-unsaturated/α-hetero) is 1. The average molecular weight is 428 g/mol. The number of pyridine rings is 1. The Morgan fingerprint density at radius 2 is 2.12 bits per heavy atom. The van der Waals surface area contributed by atoms with Crippen LogP contribution in [0.5, 0.6) is 0 Å². The van der Waals surface area contributed by atoms with Crippen molar-refractivity contribution in [3.63, 3.8) is 0 Å². The van der Waals surface area contributed by atoms with Gasteiger partial charge in [0.1, 0.15) is 5.78 Å². The van der Waals surface area contributed by atoms with Crippen molar-refractivity contribution >= 4 is 16.6 Å². The lowest BCUT2D eigenvalue weighted by Gasteiger charge is -2.49. The van der Waals surface area contributed by atoms with Crippen LogP contribution in [0.2, 0.25) is 0 Å². The minimum atomic E-state index is -0.280. The zero-order valence-corrected chi connectivity index (χ0v) is 19.1. The van der Waals surface area contributed by atoms with Crippen molar-refractivity contribution in [2.45, 2.75) is 88.3 Å². The lowest BCUT2D eigenvalue weighted by atomic mass is 9.69. The summed E-state index contributed by atoms with van der Waals surface area (Å²) >= 11 is 0. The fourth-order valence-corrected chi connectivity index (χ4v) is 7.10. The van der Waals surface area contributed by atoms with E-state index in [-0.39, 0.29) is 11.2 Å². The summed E-state index contributed by atoms with van der Waals surface area (Å²) in [5.41, 5.74) is 3.83. The van der Waals surface area contributed by atoms with E-state index >= 15 is 0 Å². The molecular weight excluding hydrogens is 394 g/mol.